The van der Waals surface area contributed by atoms with Crippen molar-refractivity contribution in [3.8, 4) is 0 Å². The maximum Gasteiger partial charge on any atom is 0.167 e. The molecule has 0 saturated heterocycles. The predicted molar refractivity (Wildman–Crippen MR) is 68.4 cm³/mol. The van der Waals surface area contributed by atoms with Crippen LogP contribution < -0.4 is 0 Å². The minimum absolute atomic E-state index is 0.184. The minimum atomic E-state index is 0.184. The molecule has 1 heteroatoms. The highest BCUT2D eigenvalue weighted by Crippen LogP contribution is 2.14. The van der Waals surface area contributed by atoms with E-state index in [2.05, 4.69) is 18.4 Å². The van der Waals surface area contributed by atoms with Gasteiger partial charge in [-0.25, -0.2) is 0 Å². The molecule has 1 nitrogen and oxygen atoms in total. The molecule has 1 N–H and O–H groups in total. The van der Waals surface area contributed by atoms with Gasteiger partial charge in [0.1, 0.15) is 0 Å². The van der Waals surface area contributed by atoms with Gasteiger partial charge >= 0.3 is 0 Å². The van der Waals surface area contributed by atoms with Gasteiger partial charge in [0.25, 0.3) is 0 Å². The summed E-state index contributed by atoms with van der Waals surface area (Å²) >= 11 is 0. The first kappa shape index (κ1) is 12.9. The Morgan fingerprint density at radius 1 is 0.938 bits per heavy atom. The molecule has 0 radical (unpaired) electrons. The maximum absolute atomic E-state index is 9.06. The van der Waals surface area contributed by atoms with E-state index in [1.54, 1.807) is 6.08 Å². The number of rotatable bonds is 8. The minimum Gasteiger partial charge on any atom is -0.501 e. The van der Waals surface area contributed by atoms with Gasteiger partial charge in [-0.15, -0.1) is 0 Å². The Balaban J connectivity index is 2.04. The average Bonchev–Trinajstić information content (AvgIpc) is 2.30. The van der Waals surface area contributed by atoms with Crippen molar-refractivity contribution >= 4 is 0 Å². The van der Waals surface area contributed by atoms with Gasteiger partial charge in [0.15, 0.2) is 5.76 Å². The molecule has 0 aliphatic heterocycles. The third kappa shape index (κ3) is 5.66. The highest BCUT2D eigenvalue weighted by Gasteiger charge is 1.96. The number of aliphatic hydroxyl groups excluding tert-OH is 1. The van der Waals surface area contributed by atoms with Crippen molar-refractivity contribution in [1.29, 1.82) is 0 Å². The third-order valence-electron chi connectivity index (χ3n) is 2.84. The van der Waals surface area contributed by atoms with Crippen LogP contribution in [0.25, 0.3) is 0 Å². The summed E-state index contributed by atoms with van der Waals surface area (Å²) in [6.07, 6.45) is 14.0. The predicted octanol–water partition coefficient (Wildman–Crippen LogP) is 4.82. The highest BCUT2D eigenvalue weighted by molar-refractivity contribution is 5.28. The lowest BCUT2D eigenvalue weighted by molar-refractivity contribution is 0.433. The molecule has 0 bridgehead atoms. The summed E-state index contributed by atoms with van der Waals surface area (Å²) < 4.78 is 0. The molecule has 1 aliphatic carbocycles. The molecular formula is C15H22O. The van der Waals surface area contributed by atoms with E-state index in [1.807, 2.05) is 6.08 Å². The summed E-state index contributed by atoms with van der Waals surface area (Å²) in [7, 11) is 0. The second kappa shape index (κ2) is 8.05. The van der Waals surface area contributed by atoms with Crippen LogP contribution in [0, 0.1) is 0 Å². The first-order chi connectivity index (χ1) is 7.83. The second-order valence-corrected chi connectivity index (χ2v) is 4.37. The van der Waals surface area contributed by atoms with Crippen LogP contribution in [-0.4, -0.2) is 5.11 Å². The van der Waals surface area contributed by atoms with Gasteiger partial charge in [0, 0.05) is 5.57 Å². The molecule has 1 rings (SSSR count). The number of hydrogen-bond acceptors (Lipinski definition) is 1. The number of allylic oxidation sites excluding steroid dienone is 3. The monoisotopic (exact) mass is 218 g/mol. The van der Waals surface area contributed by atoms with Crippen molar-refractivity contribution < 1.29 is 5.11 Å². The molecule has 0 unspecified atom stereocenters. The van der Waals surface area contributed by atoms with E-state index >= 15 is 0 Å². The zero-order valence-electron chi connectivity index (χ0n) is 10.3. The molecular weight excluding hydrogens is 196 g/mol. The Morgan fingerprint density at radius 2 is 1.62 bits per heavy atom. The molecule has 1 aliphatic rings. The summed E-state index contributed by atoms with van der Waals surface area (Å²) in [4.78, 5) is 0. The van der Waals surface area contributed by atoms with Crippen molar-refractivity contribution in [1.82, 2.24) is 0 Å². The molecule has 0 aromatic carbocycles. The van der Waals surface area contributed by atoms with Gasteiger partial charge < -0.3 is 5.11 Å². The summed E-state index contributed by atoms with van der Waals surface area (Å²) in [6.45, 7) is 2.25. The lowest BCUT2D eigenvalue weighted by Gasteiger charge is -2.02. The Bertz CT molecular complexity index is 323. The van der Waals surface area contributed by atoms with Gasteiger partial charge in [-0.2, -0.15) is 0 Å². The fourth-order valence-corrected chi connectivity index (χ4v) is 1.83. The van der Waals surface area contributed by atoms with Crippen LogP contribution in [0.15, 0.2) is 34.9 Å². The van der Waals surface area contributed by atoms with Crippen LogP contribution in [0.5, 0.6) is 0 Å². The van der Waals surface area contributed by atoms with Gasteiger partial charge in [0.05, 0.1) is 0 Å². The van der Waals surface area contributed by atoms with E-state index in [4.69, 9.17) is 5.11 Å². The SMILES string of the molecule is CCCCCCCCCC1=C=C=C(O)C=C1. The zero-order chi connectivity index (χ0) is 11.6. The van der Waals surface area contributed by atoms with Crippen LogP contribution in [0.3, 0.4) is 0 Å². The summed E-state index contributed by atoms with van der Waals surface area (Å²) in [5, 5.41) is 9.06. The summed E-state index contributed by atoms with van der Waals surface area (Å²) in [5.74, 6) is 0.184. The van der Waals surface area contributed by atoms with E-state index < -0.39 is 0 Å². The van der Waals surface area contributed by atoms with Crippen LogP contribution in [0.4, 0.5) is 0 Å². The Hall–Kier alpha value is -1.16. The van der Waals surface area contributed by atoms with Gasteiger partial charge in [-0.05, 0) is 30.7 Å². The van der Waals surface area contributed by atoms with Crippen molar-refractivity contribution in [2.75, 3.05) is 0 Å². The lowest BCUT2D eigenvalue weighted by Crippen LogP contribution is -1.84. The molecule has 0 amide bonds. The summed E-state index contributed by atoms with van der Waals surface area (Å²) in [6, 6.07) is 0. The maximum atomic E-state index is 9.06. The summed E-state index contributed by atoms with van der Waals surface area (Å²) in [5.41, 5.74) is 6.83. The fraction of sp³-hybridized carbons (Fsp3) is 0.600. The van der Waals surface area contributed by atoms with Crippen molar-refractivity contribution in [2.24, 2.45) is 0 Å². The fourth-order valence-electron chi connectivity index (χ4n) is 1.83. The molecule has 0 spiro atoms. The van der Waals surface area contributed by atoms with Crippen LogP contribution in [-0.2, 0) is 0 Å². The van der Waals surface area contributed by atoms with Gasteiger partial charge in [0.2, 0.25) is 0 Å². The van der Waals surface area contributed by atoms with E-state index in [1.165, 1.54) is 44.9 Å². The molecule has 16 heavy (non-hydrogen) atoms. The number of unbranched alkanes of at least 4 members (excludes halogenated alkanes) is 6. The van der Waals surface area contributed by atoms with Crippen molar-refractivity contribution in [3.63, 3.8) is 0 Å². The van der Waals surface area contributed by atoms with E-state index in [-0.39, 0.29) is 5.76 Å². The first-order valence-electron chi connectivity index (χ1n) is 6.44. The molecule has 0 heterocycles. The molecule has 0 aromatic heterocycles. The standard InChI is InChI=1S/C15H22O/c1-2-3-4-5-6-7-8-9-14-10-12-15(16)13-11-14/h10,12,16H,2-9H2,1H3. The van der Waals surface area contributed by atoms with Crippen LogP contribution in [0.1, 0.15) is 58.3 Å². The van der Waals surface area contributed by atoms with E-state index in [9.17, 15) is 0 Å². The van der Waals surface area contributed by atoms with Crippen LogP contribution in [0.2, 0.25) is 0 Å². The lowest BCUT2D eigenvalue weighted by atomic mass is 10.0. The second-order valence-electron chi connectivity index (χ2n) is 4.37. The highest BCUT2D eigenvalue weighted by atomic mass is 16.3. The number of hydrogen-bond donors (Lipinski definition) is 1. The van der Waals surface area contributed by atoms with Crippen molar-refractivity contribution in [3.05, 3.63) is 34.9 Å². The third-order valence-corrected chi connectivity index (χ3v) is 2.84. The smallest absolute Gasteiger partial charge is 0.167 e. The quantitative estimate of drug-likeness (QED) is 0.457. The first-order valence-corrected chi connectivity index (χ1v) is 6.44. The Kier molecular flexibility index (Phi) is 6.49. The molecule has 88 valence electrons. The normalized spacial score (nSPS) is 13.8. The Morgan fingerprint density at radius 3 is 2.25 bits per heavy atom. The van der Waals surface area contributed by atoms with Gasteiger partial charge in [-0.1, -0.05) is 51.2 Å². The molecule has 0 atom stereocenters. The topological polar surface area (TPSA) is 20.2 Å². The molecule has 0 saturated carbocycles. The zero-order valence-corrected chi connectivity index (χ0v) is 10.3. The van der Waals surface area contributed by atoms with Gasteiger partial charge in [-0.3, -0.25) is 0 Å². The van der Waals surface area contributed by atoms with Crippen molar-refractivity contribution in [2.45, 2.75) is 58.3 Å². The average molecular weight is 218 g/mol. The molecule has 0 fully saturated rings. The largest absolute Gasteiger partial charge is 0.501 e. The molecule has 0 aromatic rings. The number of aliphatic hydroxyl groups is 1. The van der Waals surface area contributed by atoms with E-state index in [0.717, 1.165) is 12.0 Å². The Labute approximate surface area is 98.9 Å². The van der Waals surface area contributed by atoms with E-state index in [0.29, 0.717) is 0 Å². The van der Waals surface area contributed by atoms with Crippen LogP contribution >= 0.6 is 0 Å².